The van der Waals surface area contributed by atoms with Crippen molar-refractivity contribution >= 4 is 13.5 Å². The molecule has 0 atom stereocenters. The lowest BCUT2D eigenvalue weighted by Gasteiger charge is -2.26. The van der Waals surface area contributed by atoms with Crippen molar-refractivity contribution in [2.24, 2.45) is 0 Å². The highest BCUT2D eigenvalue weighted by atomic mass is 31.2. The standard InChI is InChI=1S/C18H30NO4P/c1-4-7-14-22-24(21,23-15-8-5-2)16-19(6-3)18(20)17-12-10-9-11-13-17/h9-13H,4-8,14-16H2,1-3H3. The second kappa shape index (κ2) is 11.4. The van der Waals surface area contributed by atoms with E-state index in [1.807, 2.05) is 39.0 Å². The predicted octanol–water partition coefficient (Wildman–Crippen LogP) is 4.93. The van der Waals surface area contributed by atoms with E-state index in [4.69, 9.17) is 9.05 Å². The number of hydrogen-bond donors (Lipinski definition) is 0. The number of unbranched alkanes of at least 4 members (excludes halogenated alkanes) is 2. The van der Waals surface area contributed by atoms with Crippen molar-refractivity contribution in [1.82, 2.24) is 4.90 Å². The minimum absolute atomic E-state index is 0.00927. The van der Waals surface area contributed by atoms with Gasteiger partial charge in [0.1, 0.15) is 6.29 Å². The van der Waals surface area contributed by atoms with Gasteiger partial charge in [-0.3, -0.25) is 9.36 Å². The number of rotatable bonds is 12. The molecule has 6 heteroatoms. The van der Waals surface area contributed by atoms with E-state index in [0.717, 1.165) is 25.7 Å². The minimum atomic E-state index is -3.32. The van der Waals surface area contributed by atoms with Crippen molar-refractivity contribution < 1.29 is 18.4 Å². The van der Waals surface area contributed by atoms with E-state index in [-0.39, 0.29) is 12.2 Å². The molecule has 0 saturated carbocycles. The monoisotopic (exact) mass is 355 g/mol. The lowest BCUT2D eigenvalue weighted by Crippen LogP contribution is -2.32. The molecule has 1 rings (SSSR count). The van der Waals surface area contributed by atoms with Gasteiger partial charge in [-0.05, 0) is 31.9 Å². The van der Waals surface area contributed by atoms with Crippen molar-refractivity contribution in [3.05, 3.63) is 35.9 Å². The fraction of sp³-hybridized carbons (Fsp3) is 0.611. The quantitative estimate of drug-likeness (QED) is 0.394. The molecule has 1 aromatic rings. The van der Waals surface area contributed by atoms with Gasteiger partial charge in [0.25, 0.3) is 5.91 Å². The summed E-state index contributed by atoms with van der Waals surface area (Å²) >= 11 is 0. The van der Waals surface area contributed by atoms with Crippen LogP contribution in [-0.2, 0) is 13.6 Å². The Hall–Kier alpha value is -1.16. The Morgan fingerprint density at radius 2 is 1.54 bits per heavy atom. The molecule has 0 unspecified atom stereocenters. The molecule has 0 aliphatic carbocycles. The third-order valence-electron chi connectivity index (χ3n) is 3.61. The van der Waals surface area contributed by atoms with Crippen LogP contribution < -0.4 is 0 Å². The number of carbonyl (C=O) groups is 1. The van der Waals surface area contributed by atoms with E-state index in [1.165, 1.54) is 4.90 Å². The molecular weight excluding hydrogens is 325 g/mol. The Bertz CT molecular complexity index is 507. The molecule has 24 heavy (non-hydrogen) atoms. The van der Waals surface area contributed by atoms with Crippen molar-refractivity contribution in [1.29, 1.82) is 0 Å². The van der Waals surface area contributed by atoms with Gasteiger partial charge in [0, 0.05) is 12.1 Å². The van der Waals surface area contributed by atoms with Gasteiger partial charge in [-0.15, -0.1) is 0 Å². The normalized spacial score (nSPS) is 11.5. The zero-order chi connectivity index (χ0) is 17.8. The summed E-state index contributed by atoms with van der Waals surface area (Å²) in [7, 11) is -3.32. The SMILES string of the molecule is CCCCOP(=O)(CN(CC)C(=O)c1ccccc1)OCCCC. The molecule has 0 fully saturated rings. The van der Waals surface area contributed by atoms with E-state index in [0.29, 0.717) is 25.3 Å². The average Bonchev–Trinajstić information content (AvgIpc) is 2.60. The van der Waals surface area contributed by atoms with Crippen LogP contribution in [0.1, 0.15) is 56.8 Å². The van der Waals surface area contributed by atoms with Gasteiger partial charge in [-0.25, -0.2) is 0 Å². The third kappa shape index (κ3) is 7.16. The highest BCUT2D eigenvalue weighted by Gasteiger charge is 2.30. The smallest absolute Gasteiger partial charge is 0.327 e. The van der Waals surface area contributed by atoms with Crippen molar-refractivity contribution in [2.45, 2.75) is 46.5 Å². The fourth-order valence-corrected chi connectivity index (χ4v) is 3.89. The average molecular weight is 355 g/mol. The van der Waals surface area contributed by atoms with E-state index in [1.54, 1.807) is 12.1 Å². The summed E-state index contributed by atoms with van der Waals surface area (Å²) in [5.41, 5.74) is 0.577. The number of benzene rings is 1. The summed E-state index contributed by atoms with van der Waals surface area (Å²) < 4.78 is 24.2. The first-order valence-corrected chi connectivity index (χ1v) is 10.5. The summed E-state index contributed by atoms with van der Waals surface area (Å²) in [4.78, 5) is 14.1. The second-order valence-electron chi connectivity index (χ2n) is 5.65. The molecule has 136 valence electrons. The second-order valence-corrected chi connectivity index (χ2v) is 7.67. The Morgan fingerprint density at radius 1 is 1.00 bits per heavy atom. The van der Waals surface area contributed by atoms with Crippen LogP contribution in [0.15, 0.2) is 30.3 Å². The van der Waals surface area contributed by atoms with Crippen LogP contribution in [0.4, 0.5) is 0 Å². The van der Waals surface area contributed by atoms with Gasteiger partial charge in [0.15, 0.2) is 0 Å². The maximum absolute atomic E-state index is 13.0. The van der Waals surface area contributed by atoms with E-state index >= 15 is 0 Å². The molecule has 1 amide bonds. The van der Waals surface area contributed by atoms with Crippen molar-refractivity contribution in [3.63, 3.8) is 0 Å². The Kier molecular flexibility index (Phi) is 9.92. The van der Waals surface area contributed by atoms with Crippen LogP contribution in [-0.4, -0.2) is 36.9 Å². The van der Waals surface area contributed by atoms with Gasteiger partial charge in [0.05, 0.1) is 13.2 Å². The van der Waals surface area contributed by atoms with Crippen molar-refractivity contribution in [2.75, 3.05) is 26.0 Å². The van der Waals surface area contributed by atoms with Crippen LogP contribution in [0.2, 0.25) is 0 Å². The molecule has 5 nitrogen and oxygen atoms in total. The molecule has 0 N–H and O–H groups in total. The molecule has 0 aromatic heterocycles. The van der Waals surface area contributed by atoms with Crippen LogP contribution in [0.5, 0.6) is 0 Å². The topological polar surface area (TPSA) is 55.8 Å². The zero-order valence-corrected chi connectivity index (χ0v) is 16.0. The van der Waals surface area contributed by atoms with Gasteiger partial charge < -0.3 is 13.9 Å². The third-order valence-corrected chi connectivity index (χ3v) is 5.45. The molecule has 1 aromatic carbocycles. The number of amides is 1. The maximum atomic E-state index is 13.0. The van der Waals surface area contributed by atoms with Gasteiger partial charge in [-0.1, -0.05) is 44.9 Å². The summed E-state index contributed by atoms with van der Waals surface area (Å²) in [5.74, 6) is -0.156. The summed E-state index contributed by atoms with van der Waals surface area (Å²) in [6.45, 7) is 7.18. The zero-order valence-electron chi connectivity index (χ0n) is 15.1. The van der Waals surface area contributed by atoms with Gasteiger partial charge in [0.2, 0.25) is 0 Å². The minimum Gasteiger partial charge on any atom is -0.327 e. The molecule has 0 bridgehead atoms. The maximum Gasteiger partial charge on any atom is 0.349 e. The van der Waals surface area contributed by atoms with Gasteiger partial charge >= 0.3 is 7.60 Å². The lowest BCUT2D eigenvalue weighted by atomic mass is 10.2. The molecule has 0 radical (unpaired) electrons. The first kappa shape index (κ1) is 20.9. The lowest BCUT2D eigenvalue weighted by molar-refractivity contribution is 0.0769. The first-order chi connectivity index (χ1) is 11.6. The summed E-state index contributed by atoms with van der Waals surface area (Å²) in [5, 5.41) is 0. The van der Waals surface area contributed by atoms with Crippen LogP contribution in [0.25, 0.3) is 0 Å². The van der Waals surface area contributed by atoms with E-state index < -0.39 is 7.60 Å². The molecule has 0 aliphatic rings. The van der Waals surface area contributed by atoms with E-state index in [2.05, 4.69) is 0 Å². The highest BCUT2D eigenvalue weighted by Crippen LogP contribution is 2.49. The fourth-order valence-electron chi connectivity index (χ4n) is 2.10. The Labute approximate surface area is 145 Å². The predicted molar refractivity (Wildman–Crippen MR) is 97.3 cm³/mol. The number of carbonyl (C=O) groups excluding carboxylic acids is 1. The summed E-state index contributed by atoms with van der Waals surface area (Å²) in [6.07, 6.45) is 3.54. The van der Waals surface area contributed by atoms with Gasteiger partial charge in [-0.2, -0.15) is 0 Å². The van der Waals surface area contributed by atoms with Crippen LogP contribution in [0.3, 0.4) is 0 Å². The van der Waals surface area contributed by atoms with E-state index in [9.17, 15) is 9.36 Å². The molecular formula is C18H30NO4P. The molecule has 0 saturated heterocycles. The van der Waals surface area contributed by atoms with Crippen LogP contribution in [0, 0.1) is 0 Å². The largest absolute Gasteiger partial charge is 0.349 e. The molecule has 0 aliphatic heterocycles. The first-order valence-electron chi connectivity index (χ1n) is 8.78. The Balaban J connectivity index is 2.80. The summed E-state index contributed by atoms with van der Waals surface area (Å²) in [6, 6.07) is 9.00. The van der Waals surface area contributed by atoms with Crippen molar-refractivity contribution in [3.8, 4) is 0 Å². The molecule has 0 spiro atoms. The highest BCUT2D eigenvalue weighted by molar-refractivity contribution is 7.53. The Morgan fingerprint density at radius 3 is 2.00 bits per heavy atom. The molecule has 0 heterocycles. The van der Waals surface area contributed by atoms with Crippen LogP contribution >= 0.6 is 7.60 Å². The number of hydrogen-bond acceptors (Lipinski definition) is 4. The number of nitrogens with zero attached hydrogens (tertiary/aromatic N) is 1.